The molecule has 1 aromatic carbocycles. The third-order valence-corrected chi connectivity index (χ3v) is 2.57. The molecule has 0 aliphatic carbocycles. The molecule has 0 bridgehead atoms. The Morgan fingerprint density at radius 1 is 1.35 bits per heavy atom. The standard InChI is InChI=1S/C12H13N3O2/c1-9-4-3-5-11(6-9)8-14-10(2)7-12(13-14)15(16)17/h3-7H,8H2,1-2H3. The molecular weight excluding hydrogens is 218 g/mol. The Morgan fingerprint density at radius 3 is 2.71 bits per heavy atom. The summed E-state index contributed by atoms with van der Waals surface area (Å²) in [6, 6.07) is 9.50. The lowest BCUT2D eigenvalue weighted by Crippen LogP contribution is -2.04. The normalized spacial score (nSPS) is 10.5. The van der Waals surface area contributed by atoms with Crippen molar-refractivity contribution in [2.24, 2.45) is 0 Å². The van der Waals surface area contributed by atoms with E-state index < -0.39 is 4.92 Å². The molecule has 2 aromatic rings. The summed E-state index contributed by atoms with van der Waals surface area (Å²) in [5.74, 6) is -0.102. The van der Waals surface area contributed by atoms with Gasteiger partial charge in [0.15, 0.2) is 0 Å². The van der Waals surface area contributed by atoms with Gasteiger partial charge in [-0.25, -0.2) is 0 Å². The van der Waals surface area contributed by atoms with Crippen LogP contribution in [-0.4, -0.2) is 14.7 Å². The lowest BCUT2D eigenvalue weighted by atomic mass is 10.1. The van der Waals surface area contributed by atoms with Crippen molar-refractivity contribution in [3.8, 4) is 0 Å². The van der Waals surface area contributed by atoms with Crippen LogP contribution in [0.3, 0.4) is 0 Å². The molecule has 5 nitrogen and oxygen atoms in total. The lowest BCUT2D eigenvalue weighted by molar-refractivity contribution is -0.389. The van der Waals surface area contributed by atoms with Gasteiger partial charge in [-0.2, -0.15) is 4.68 Å². The van der Waals surface area contributed by atoms with Crippen LogP contribution in [0.1, 0.15) is 16.8 Å². The quantitative estimate of drug-likeness (QED) is 0.602. The molecule has 0 atom stereocenters. The summed E-state index contributed by atoms with van der Waals surface area (Å²) in [6.07, 6.45) is 0. The van der Waals surface area contributed by atoms with E-state index in [4.69, 9.17) is 0 Å². The highest BCUT2D eigenvalue weighted by Crippen LogP contribution is 2.13. The SMILES string of the molecule is Cc1cccc(Cn2nc([N+](=O)[O-])cc2C)c1. The summed E-state index contributed by atoms with van der Waals surface area (Å²) < 4.78 is 1.65. The zero-order valence-electron chi connectivity index (χ0n) is 9.75. The number of hydrogen-bond acceptors (Lipinski definition) is 3. The van der Waals surface area contributed by atoms with Crippen molar-refractivity contribution in [3.63, 3.8) is 0 Å². The topological polar surface area (TPSA) is 61.0 Å². The molecular formula is C12H13N3O2. The molecule has 5 heteroatoms. The Balaban J connectivity index is 2.27. The minimum atomic E-state index is -0.472. The molecule has 0 saturated heterocycles. The number of nitro groups is 1. The first kappa shape index (κ1) is 11.3. The molecule has 0 unspecified atom stereocenters. The molecule has 1 heterocycles. The van der Waals surface area contributed by atoms with E-state index >= 15 is 0 Å². The minimum absolute atomic E-state index is 0.102. The molecule has 0 radical (unpaired) electrons. The molecule has 0 amide bonds. The number of rotatable bonds is 3. The van der Waals surface area contributed by atoms with Crippen LogP contribution in [0.4, 0.5) is 5.82 Å². The number of aromatic nitrogens is 2. The fraction of sp³-hybridized carbons (Fsp3) is 0.250. The Labute approximate surface area is 98.8 Å². The summed E-state index contributed by atoms with van der Waals surface area (Å²) in [5, 5.41) is 14.6. The fourth-order valence-corrected chi connectivity index (χ4v) is 1.73. The highest BCUT2D eigenvalue weighted by molar-refractivity contribution is 5.25. The molecule has 0 aliphatic rings. The van der Waals surface area contributed by atoms with E-state index in [-0.39, 0.29) is 5.82 Å². The first-order chi connectivity index (χ1) is 8.06. The molecule has 1 aromatic heterocycles. The van der Waals surface area contributed by atoms with E-state index in [9.17, 15) is 10.1 Å². The van der Waals surface area contributed by atoms with Crippen LogP contribution in [0.2, 0.25) is 0 Å². The van der Waals surface area contributed by atoms with Gasteiger partial charge in [0, 0.05) is 0 Å². The van der Waals surface area contributed by atoms with E-state index in [1.165, 1.54) is 11.6 Å². The second-order valence-corrected chi connectivity index (χ2v) is 4.05. The van der Waals surface area contributed by atoms with Gasteiger partial charge >= 0.3 is 5.82 Å². The van der Waals surface area contributed by atoms with Crippen LogP contribution in [0, 0.1) is 24.0 Å². The molecule has 0 fully saturated rings. The van der Waals surface area contributed by atoms with E-state index in [2.05, 4.69) is 5.10 Å². The van der Waals surface area contributed by atoms with Crippen LogP contribution in [0.5, 0.6) is 0 Å². The van der Waals surface area contributed by atoms with Crippen molar-refractivity contribution >= 4 is 5.82 Å². The van der Waals surface area contributed by atoms with E-state index in [1.807, 2.05) is 38.1 Å². The highest BCUT2D eigenvalue weighted by atomic mass is 16.6. The van der Waals surface area contributed by atoms with Crippen LogP contribution < -0.4 is 0 Å². The van der Waals surface area contributed by atoms with Gasteiger partial charge in [0.25, 0.3) is 0 Å². The zero-order valence-corrected chi connectivity index (χ0v) is 9.75. The van der Waals surface area contributed by atoms with Crippen LogP contribution in [-0.2, 0) is 6.54 Å². The second-order valence-electron chi connectivity index (χ2n) is 4.05. The van der Waals surface area contributed by atoms with Crippen LogP contribution >= 0.6 is 0 Å². The van der Waals surface area contributed by atoms with E-state index in [0.29, 0.717) is 6.54 Å². The monoisotopic (exact) mass is 231 g/mol. The van der Waals surface area contributed by atoms with Gasteiger partial charge in [-0.15, -0.1) is 0 Å². The lowest BCUT2D eigenvalue weighted by Gasteiger charge is -2.01. The maximum Gasteiger partial charge on any atom is 0.390 e. The molecule has 0 saturated carbocycles. The van der Waals surface area contributed by atoms with Gasteiger partial charge in [-0.05, 0) is 24.3 Å². The van der Waals surface area contributed by atoms with Crippen molar-refractivity contribution in [2.75, 3.05) is 0 Å². The zero-order chi connectivity index (χ0) is 12.4. The van der Waals surface area contributed by atoms with Gasteiger partial charge in [0.1, 0.15) is 0 Å². The van der Waals surface area contributed by atoms with Gasteiger partial charge in [0.2, 0.25) is 0 Å². The van der Waals surface area contributed by atoms with E-state index in [0.717, 1.165) is 11.3 Å². The van der Waals surface area contributed by atoms with Gasteiger partial charge in [-0.3, -0.25) is 0 Å². The Bertz CT molecular complexity index is 561. The molecule has 88 valence electrons. The average Bonchev–Trinajstić information content (AvgIpc) is 2.61. The van der Waals surface area contributed by atoms with Crippen molar-refractivity contribution in [2.45, 2.75) is 20.4 Å². The molecule has 0 spiro atoms. The van der Waals surface area contributed by atoms with Crippen molar-refractivity contribution < 1.29 is 4.92 Å². The number of nitrogens with zero attached hydrogens (tertiary/aromatic N) is 3. The Hall–Kier alpha value is -2.17. The molecule has 2 rings (SSSR count). The number of aryl methyl sites for hydroxylation is 2. The highest BCUT2D eigenvalue weighted by Gasteiger charge is 2.15. The summed E-state index contributed by atoms with van der Waals surface area (Å²) in [6.45, 7) is 4.39. The smallest absolute Gasteiger partial charge is 0.358 e. The van der Waals surface area contributed by atoms with Crippen LogP contribution in [0.15, 0.2) is 30.3 Å². The van der Waals surface area contributed by atoms with Gasteiger partial charge in [0.05, 0.1) is 23.4 Å². The summed E-state index contributed by atoms with van der Waals surface area (Å²) >= 11 is 0. The van der Waals surface area contributed by atoms with Crippen molar-refractivity contribution in [3.05, 3.63) is 57.3 Å². The van der Waals surface area contributed by atoms with Gasteiger partial charge < -0.3 is 10.1 Å². The largest absolute Gasteiger partial charge is 0.390 e. The maximum atomic E-state index is 10.6. The number of hydrogen-bond donors (Lipinski definition) is 0. The summed E-state index contributed by atoms with van der Waals surface area (Å²) in [5.41, 5.74) is 3.05. The first-order valence-corrected chi connectivity index (χ1v) is 5.30. The second kappa shape index (κ2) is 4.37. The average molecular weight is 231 g/mol. The first-order valence-electron chi connectivity index (χ1n) is 5.30. The predicted octanol–water partition coefficient (Wildman–Crippen LogP) is 2.46. The molecule has 0 aliphatic heterocycles. The Morgan fingerprint density at radius 2 is 2.12 bits per heavy atom. The maximum absolute atomic E-state index is 10.6. The molecule has 0 N–H and O–H groups in total. The van der Waals surface area contributed by atoms with Crippen LogP contribution in [0.25, 0.3) is 0 Å². The summed E-state index contributed by atoms with van der Waals surface area (Å²) in [7, 11) is 0. The minimum Gasteiger partial charge on any atom is -0.358 e. The van der Waals surface area contributed by atoms with E-state index in [1.54, 1.807) is 4.68 Å². The number of benzene rings is 1. The third kappa shape index (κ3) is 2.50. The fourth-order valence-electron chi connectivity index (χ4n) is 1.73. The summed E-state index contributed by atoms with van der Waals surface area (Å²) in [4.78, 5) is 10.1. The Kier molecular flexibility index (Phi) is 2.91. The van der Waals surface area contributed by atoms with Crippen molar-refractivity contribution in [1.82, 2.24) is 9.78 Å². The third-order valence-electron chi connectivity index (χ3n) is 2.57. The molecule has 17 heavy (non-hydrogen) atoms. The van der Waals surface area contributed by atoms with Gasteiger partial charge in [-0.1, -0.05) is 29.8 Å². The predicted molar refractivity (Wildman–Crippen MR) is 63.9 cm³/mol. The van der Waals surface area contributed by atoms with Crippen molar-refractivity contribution in [1.29, 1.82) is 0 Å².